The second-order valence-corrected chi connectivity index (χ2v) is 3.42. The summed E-state index contributed by atoms with van der Waals surface area (Å²) < 4.78 is 4.95. The fourth-order valence-electron chi connectivity index (χ4n) is 1.26. The van der Waals surface area contributed by atoms with Gasteiger partial charge in [0.1, 0.15) is 5.57 Å². The zero-order valence-electron chi connectivity index (χ0n) is 9.29. The number of ether oxygens (including phenoxy) is 1. The van der Waals surface area contributed by atoms with Crippen molar-refractivity contribution in [2.24, 2.45) is 0 Å². The summed E-state index contributed by atoms with van der Waals surface area (Å²) in [5.74, 6) is -0.409. The highest BCUT2D eigenvalue weighted by molar-refractivity contribution is 6.34. The second-order valence-electron chi connectivity index (χ2n) is 3.01. The summed E-state index contributed by atoms with van der Waals surface area (Å²) in [4.78, 5) is 11.7. The van der Waals surface area contributed by atoms with Gasteiger partial charge < -0.3 is 4.74 Å². The number of benzene rings is 1. The fraction of sp³-hybridized carbons (Fsp3) is 0.231. The molecule has 0 saturated heterocycles. The summed E-state index contributed by atoms with van der Waals surface area (Å²) in [6.45, 7) is 3.88. The lowest BCUT2D eigenvalue weighted by atomic mass is 10.1. The third-order valence-electron chi connectivity index (χ3n) is 1.91. The highest BCUT2D eigenvalue weighted by atomic mass is 35.5. The molecule has 1 aromatic carbocycles. The van der Waals surface area contributed by atoms with Crippen molar-refractivity contribution in [2.45, 2.75) is 13.8 Å². The van der Waals surface area contributed by atoms with Crippen molar-refractivity contribution in [2.75, 3.05) is 6.61 Å². The van der Waals surface area contributed by atoms with E-state index in [0.29, 0.717) is 22.8 Å². The van der Waals surface area contributed by atoms with Gasteiger partial charge in [-0.2, -0.15) is 0 Å². The van der Waals surface area contributed by atoms with E-state index in [2.05, 4.69) is 5.73 Å². The molecule has 1 rings (SSSR count). The van der Waals surface area contributed by atoms with Gasteiger partial charge in [-0.15, -0.1) is 5.73 Å². The lowest BCUT2D eigenvalue weighted by molar-refractivity contribution is -0.136. The van der Waals surface area contributed by atoms with Crippen LogP contribution in [0.5, 0.6) is 0 Å². The summed E-state index contributed by atoms with van der Waals surface area (Å²) in [6, 6.07) is 7.13. The van der Waals surface area contributed by atoms with Crippen LogP contribution in [0.3, 0.4) is 0 Å². The predicted molar refractivity (Wildman–Crippen MR) is 65.2 cm³/mol. The third-order valence-corrected chi connectivity index (χ3v) is 2.24. The fourth-order valence-corrected chi connectivity index (χ4v) is 1.49. The van der Waals surface area contributed by atoms with Crippen LogP contribution in [0, 0.1) is 0 Å². The van der Waals surface area contributed by atoms with Crippen LogP contribution in [-0.2, 0) is 9.53 Å². The molecule has 2 nitrogen and oxygen atoms in total. The van der Waals surface area contributed by atoms with E-state index < -0.39 is 5.97 Å². The first kappa shape index (κ1) is 12.6. The van der Waals surface area contributed by atoms with Crippen molar-refractivity contribution < 1.29 is 9.53 Å². The molecule has 0 spiro atoms. The van der Waals surface area contributed by atoms with Crippen LogP contribution in [0.2, 0.25) is 5.02 Å². The molecule has 0 saturated carbocycles. The van der Waals surface area contributed by atoms with E-state index in [1.807, 2.05) is 12.1 Å². The van der Waals surface area contributed by atoms with Gasteiger partial charge in [-0.25, -0.2) is 4.79 Å². The van der Waals surface area contributed by atoms with Crippen molar-refractivity contribution in [3.63, 3.8) is 0 Å². The Kier molecular flexibility index (Phi) is 4.84. The number of rotatable bonds is 3. The van der Waals surface area contributed by atoms with Crippen molar-refractivity contribution in [1.82, 2.24) is 0 Å². The molecule has 0 N–H and O–H groups in total. The van der Waals surface area contributed by atoms with Crippen molar-refractivity contribution in [1.29, 1.82) is 0 Å². The molecule has 0 heterocycles. The molecule has 0 fully saturated rings. The molecule has 0 amide bonds. The van der Waals surface area contributed by atoms with E-state index in [9.17, 15) is 4.79 Å². The first-order chi connectivity index (χ1) is 7.70. The molecular formula is C13H13ClO2. The molecule has 0 aliphatic heterocycles. The van der Waals surface area contributed by atoms with Gasteiger partial charge in [0, 0.05) is 10.6 Å². The average Bonchev–Trinajstić information content (AvgIpc) is 2.27. The Morgan fingerprint density at radius 2 is 2.19 bits per heavy atom. The van der Waals surface area contributed by atoms with E-state index in [0.717, 1.165) is 0 Å². The topological polar surface area (TPSA) is 26.3 Å². The lowest BCUT2D eigenvalue weighted by Crippen LogP contribution is -2.06. The number of esters is 1. The van der Waals surface area contributed by atoms with Crippen LogP contribution >= 0.6 is 11.6 Å². The molecule has 0 bridgehead atoms. The quantitative estimate of drug-likeness (QED) is 0.456. The van der Waals surface area contributed by atoms with E-state index in [-0.39, 0.29) is 0 Å². The molecule has 84 valence electrons. The first-order valence-electron chi connectivity index (χ1n) is 5.04. The maximum Gasteiger partial charge on any atom is 0.346 e. The summed E-state index contributed by atoms with van der Waals surface area (Å²) in [5, 5.41) is 0.514. The Bertz CT molecular complexity index is 443. The van der Waals surface area contributed by atoms with Crippen molar-refractivity contribution in [3.05, 3.63) is 46.7 Å². The van der Waals surface area contributed by atoms with Crippen LogP contribution in [0.1, 0.15) is 19.4 Å². The second kappa shape index (κ2) is 6.16. The van der Waals surface area contributed by atoms with Crippen molar-refractivity contribution in [3.8, 4) is 0 Å². The summed E-state index contributed by atoms with van der Waals surface area (Å²) in [6.07, 6.45) is 1.66. The number of hydrogen-bond acceptors (Lipinski definition) is 2. The van der Waals surface area contributed by atoms with Crippen LogP contribution in [0.25, 0.3) is 5.57 Å². The minimum atomic E-state index is -0.409. The zero-order valence-corrected chi connectivity index (χ0v) is 10.0. The standard InChI is InChI=1S/C13H13ClO2/c1-3-7-11(13(15)16-4-2)10-8-5-6-9-12(10)14/h3,5-6,8-9H,4H2,1-2H3. The van der Waals surface area contributed by atoms with Crippen LogP contribution in [0.4, 0.5) is 0 Å². The number of carbonyl (C=O) groups is 1. The lowest BCUT2D eigenvalue weighted by Gasteiger charge is -2.06. The zero-order chi connectivity index (χ0) is 12.0. The molecule has 1 aromatic rings. The van der Waals surface area contributed by atoms with Gasteiger partial charge in [-0.1, -0.05) is 29.8 Å². The molecule has 0 aliphatic carbocycles. The van der Waals surface area contributed by atoms with Crippen LogP contribution in [-0.4, -0.2) is 12.6 Å². The molecule has 0 atom stereocenters. The van der Waals surface area contributed by atoms with Gasteiger partial charge in [0.25, 0.3) is 0 Å². The first-order valence-corrected chi connectivity index (χ1v) is 5.41. The van der Waals surface area contributed by atoms with Gasteiger partial charge in [0.2, 0.25) is 0 Å². The minimum Gasteiger partial charge on any atom is -0.462 e. The minimum absolute atomic E-state index is 0.332. The Hall–Kier alpha value is -1.50. The molecule has 0 radical (unpaired) electrons. The van der Waals surface area contributed by atoms with E-state index in [4.69, 9.17) is 16.3 Å². The average molecular weight is 237 g/mol. The van der Waals surface area contributed by atoms with Gasteiger partial charge in [0.05, 0.1) is 6.61 Å². The maximum absolute atomic E-state index is 11.7. The highest BCUT2D eigenvalue weighted by Gasteiger charge is 2.14. The number of carbonyl (C=O) groups excluding carboxylic acids is 1. The normalized spacial score (nSPS) is 9.19. The Balaban J connectivity index is 3.20. The maximum atomic E-state index is 11.7. The summed E-state index contributed by atoms with van der Waals surface area (Å²) in [7, 11) is 0. The molecule has 16 heavy (non-hydrogen) atoms. The van der Waals surface area contributed by atoms with E-state index in [1.165, 1.54) is 0 Å². The molecule has 0 unspecified atom stereocenters. The Morgan fingerprint density at radius 1 is 1.50 bits per heavy atom. The van der Waals surface area contributed by atoms with Gasteiger partial charge in [-0.3, -0.25) is 0 Å². The summed E-state index contributed by atoms with van der Waals surface area (Å²) in [5.41, 5.74) is 3.85. The Labute approximate surface area is 100 Å². The van der Waals surface area contributed by atoms with E-state index in [1.54, 1.807) is 32.1 Å². The SMILES string of the molecule is CC=C=C(C(=O)OCC)c1ccccc1Cl. The Morgan fingerprint density at radius 3 is 2.75 bits per heavy atom. The largest absolute Gasteiger partial charge is 0.462 e. The number of halogens is 1. The van der Waals surface area contributed by atoms with Crippen LogP contribution < -0.4 is 0 Å². The van der Waals surface area contributed by atoms with Gasteiger partial charge in [0.15, 0.2) is 0 Å². The van der Waals surface area contributed by atoms with Gasteiger partial charge >= 0.3 is 5.97 Å². The smallest absolute Gasteiger partial charge is 0.346 e. The predicted octanol–water partition coefficient (Wildman–Crippen LogP) is 3.46. The van der Waals surface area contributed by atoms with Crippen molar-refractivity contribution >= 4 is 23.1 Å². The monoisotopic (exact) mass is 236 g/mol. The molecular weight excluding hydrogens is 224 g/mol. The highest BCUT2D eigenvalue weighted by Crippen LogP contribution is 2.23. The molecule has 3 heteroatoms. The third kappa shape index (κ3) is 2.99. The molecule has 0 aliphatic rings. The van der Waals surface area contributed by atoms with Gasteiger partial charge in [-0.05, 0) is 26.0 Å². The van der Waals surface area contributed by atoms with Crippen LogP contribution in [0.15, 0.2) is 36.1 Å². The van der Waals surface area contributed by atoms with E-state index >= 15 is 0 Å². The summed E-state index contributed by atoms with van der Waals surface area (Å²) >= 11 is 6.02. The number of hydrogen-bond donors (Lipinski definition) is 0. The molecule has 0 aromatic heterocycles.